The van der Waals surface area contributed by atoms with E-state index < -0.39 is 0 Å². The van der Waals surface area contributed by atoms with Crippen LogP contribution in [0.5, 0.6) is 0 Å². The van der Waals surface area contributed by atoms with E-state index in [4.69, 9.17) is 4.74 Å². The Bertz CT molecular complexity index is 173. The van der Waals surface area contributed by atoms with Gasteiger partial charge in [0.15, 0.2) is 0 Å². The summed E-state index contributed by atoms with van der Waals surface area (Å²) < 4.78 is 5.83. The molecule has 1 rings (SSSR count). The molecule has 1 fully saturated rings. The highest BCUT2D eigenvalue weighted by Crippen LogP contribution is 2.14. The van der Waals surface area contributed by atoms with Gasteiger partial charge in [-0.15, -0.1) is 0 Å². The summed E-state index contributed by atoms with van der Waals surface area (Å²) in [6.07, 6.45) is 2.86. The molecule has 15 heavy (non-hydrogen) atoms. The first-order valence-corrected chi connectivity index (χ1v) is 6.11. The van der Waals surface area contributed by atoms with E-state index in [1.807, 2.05) is 7.05 Å². The number of hydrogen-bond acceptors (Lipinski definition) is 3. The van der Waals surface area contributed by atoms with Crippen molar-refractivity contribution < 1.29 is 4.74 Å². The Balaban J connectivity index is 2.35. The van der Waals surface area contributed by atoms with Gasteiger partial charge in [0.25, 0.3) is 0 Å². The fourth-order valence-electron chi connectivity index (χ4n) is 2.08. The SMILES string of the molecule is CNC(CCC(C)C)C1CN(C)CCO1. The average Bonchev–Trinajstić information content (AvgIpc) is 2.18. The molecule has 0 saturated carbocycles. The van der Waals surface area contributed by atoms with Gasteiger partial charge >= 0.3 is 0 Å². The molecular weight excluding hydrogens is 188 g/mol. The molecule has 1 aliphatic heterocycles. The minimum Gasteiger partial charge on any atom is -0.374 e. The van der Waals surface area contributed by atoms with Crippen molar-refractivity contribution in [2.24, 2.45) is 5.92 Å². The number of nitrogens with one attached hydrogen (secondary N) is 1. The van der Waals surface area contributed by atoms with Gasteiger partial charge in [-0.05, 0) is 32.9 Å². The molecule has 0 radical (unpaired) electrons. The van der Waals surface area contributed by atoms with Crippen LogP contribution in [-0.2, 0) is 4.74 Å². The zero-order valence-electron chi connectivity index (χ0n) is 10.6. The topological polar surface area (TPSA) is 24.5 Å². The lowest BCUT2D eigenvalue weighted by Crippen LogP contribution is -2.50. The molecular formula is C12H26N2O. The summed E-state index contributed by atoms with van der Waals surface area (Å²) in [5.74, 6) is 0.780. The first kappa shape index (κ1) is 12.9. The summed E-state index contributed by atoms with van der Waals surface area (Å²) in [7, 11) is 4.22. The maximum atomic E-state index is 5.83. The number of morpholine rings is 1. The van der Waals surface area contributed by atoms with Gasteiger partial charge in [-0.1, -0.05) is 13.8 Å². The predicted octanol–water partition coefficient (Wildman–Crippen LogP) is 1.34. The Morgan fingerprint density at radius 3 is 2.67 bits per heavy atom. The highest BCUT2D eigenvalue weighted by molar-refractivity contribution is 4.81. The molecule has 0 aliphatic carbocycles. The van der Waals surface area contributed by atoms with Crippen LogP contribution in [-0.4, -0.2) is 50.8 Å². The van der Waals surface area contributed by atoms with Crippen molar-refractivity contribution in [1.82, 2.24) is 10.2 Å². The molecule has 2 unspecified atom stereocenters. The van der Waals surface area contributed by atoms with Gasteiger partial charge in [-0.25, -0.2) is 0 Å². The van der Waals surface area contributed by atoms with E-state index in [0.29, 0.717) is 12.1 Å². The lowest BCUT2D eigenvalue weighted by molar-refractivity contribution is -0.0393. The van der Waals surface area contributed by atoms with Crippen LogP contribution in [0.3, 0.4) is 0 Å². The van der Waals surface area contributed by atoms with Crippen LogP contribution >= 0.6 is 0 Å². The molecule has 0 aromatic heterocycles. The van der Waals surface area contributed by atoms with Crippen LogP contribution in [0.2, 0.25) is 0 Å². The molecule has 1 N–H and O–H groups in total. The fraction of sp³-hybridized carbons (Fsp3) is 1.00. The van der Waals surface area contributed by atoms with E-state index in [0.717, 1.165) is 25.6 Å². The largest absolute Gasteiger partial charge is 0.374 e. The van der Waals surface area contributed by atoms with Crippen molar-refractivity contribution in [3.05, 3.63) is 0 Å². The monoisotopic (exact) mass is 214 g/mol. The standard InChI is InChI=1S/C12H26N2O/c1-10(2)5-6-11(13-3)12-9-14(4)7-8-15-12/h10-13H,5-9H2,1-4H3. The van der Waals surface area contributed by atoms with E-state index in [2.05, 4.69) is 31.1 Å². The van der Waals surface area contributed by atoms with Crippen LogP contribution in [0.25, 0.3) is 0 Å². The van der Waals surface area contributed by atoms with Crippen LogP contribution < -0.4 is 5.32 Å². The third kappa shape index (κ3) is 4.49. The Morgan fingerprint density at radius 1 is 1.40 bits per heavy atom. The summed E-state index contributed by atoms with van der Waals surface area (Å²) in [5, 5.41) is 3.40. The van der Waals surface area contributed by atoms with Crippen molar-refractivity contribution in [3.63, 3.8) is 0 Å². The average molecular weight is 214 g/mol. The lowest BCUT2D eigenvalue weighted by atomic mass is 9.99. The van der Waals surface area contributed by atoms with E-state index in [9.17, 15) is 0 Å². The first-order chi connectivity index (χ1) is 7.13. The second-order valence-corrected chi connectivity index (χ2v) is 5.04. The van der Waals surface area contributed by atoms with Crippen molar-refractivity contribution in [2.45, 2.75) is 38.8 Å². The number of nitrogens with zero attached hydrogens (tertiary/aromatic N) is 1. The number of rotatable bonds is 5. The molecule has 3 heteroatoms. The fourth-order valence-corrected chi connectivity index (χ4v) is 2.08. The molecule has 3 nitrogen and oxygen atoms in total. The van der Waals surface area contributed by atoms with Crippen LogP contribution in [0.1, 0.15) is 26.7 Å². The van der Waals surface area contributed by atoms with Crippen LogP contribution in [0, 0.1) is 5.92 Å². The van der Waals surface area contributed by atoms with Crippen molar-refractivity contribution >= 4 is 0 Å². The minimum absolute atomic E-state index is 0.368. The highest BCUT2D eigenvalue weighted by Gasteiger charge is 2.25. The van der Waals surface area contributed by atoms with E-state index in [-0.39, 0.29) is 0 Å². The molecule has 90 valence electrons. The molecule has 0 bridgehead atoms. The molecule has 2 atom stereocenters. The first-order valence-electron chi connectivity index (χ1n) is 6.11. The second kappa shape index (κ2) is 6.46. The summed E-state index contributed by atoms with van der Waals surface area (Å²) in [6.45, 7) is 7.56. The van der Waals surface area contributed by atoms with E-state index in [1.165, 1.54) is 12.8 Å². The molecule has 1 heterocycles. The van der Waals surface area contributed by atoms with Gasteiger partial charge in [-0.2, -0.15) is 0 Å². The van der Waals surface area contributed by atoms with E-state index in [1.54, 1.807) is 0 Å². The maximum Gasteiger partial charge on any atom is 0.0855 e. The highest BCUT2D eigenvalue weighted by atomic mass is 16.5. The molecule has 1 saturated heterocycles. The molecule has 0 spiro atoms. The Labute approximate surface area is 94.2 Å². The van der Waals surface area contributed by atoms with Gasteiger partial charge < -0.3 is 15.0 Å². The zero-order valence-corrected chi connectivity index (χ0v) is 10.6. The Kier molecular flexibility index (Phi) is 5.58. The minimum atomic E-state index is 0.368. The smallest absolute Gasteiger partial charge is 0.0855 e. The second-order valence-electron chi connectivity index (χ2n) is 5.04. The number of ether oxygens (including phenoxy) is 1. The Hall–Kier alpha value is -0.120. The van der Waals surface area contributed by atoms with Gasteiger partial charge in [-0.3, -0.25) is 0 Å². The molecule has 0 aromatic rings. The molecule has 0 amide bonds. The van der Waals surface area contributed by atoms with E-state index >= 15 is 0 Å². The van der Waals surface area contributed by atoms with Gasteiger partial charge in [0.1, 0.15) is 0 Å². The lowest BCUT2D eigenvalue weighted by Gasteiger charge is -2.35. The van der Waals surface area contributed by atoms with Crippen molar-refractivity contribution in [3.8, 4) is 0 Å². The normalized spacial score (nSPS) is 25.8. The summed E-state index contributed by atoms with van der Waals surface area (Å²) in [5.41, 5.74) is 0. The van der Waals surface area contributed by atoms with Gasteiger partial charge in [0.2, 0.25) is 0 Å². The van der Waals surface area contributed by atoms with Crippen LogP contribution in [0.15, 0.2) is 0 Å². The molecule has 1 aliphatic rings. The summed E-state index contributed by atoms with van der Waals surface area (Å²) >= 11 is 0. The maximum absolute atomic E-state index is 5.83. The summed E-state index contributed by atoms with van der Waals surface area (Å²) in [4.78, 5) is 2.36. The van der Waals surface area contributed by atoms with Gasteiger partial charge in [0.05, 0.1) is 12.7 Å². The third-order valence-electron chi connectivity index (χ3n) is 3.17. The predicted molar refractivity (Wildman–Crippen MR) is 64.2 cm³/mol. The quantitative estimate of drug-likeness (QED) is 0.747. The van der Waals surface area contributed by atoms with Crippen molar-refractivity contribution in [1.29, 1.82) is 0 Å². The van der Waals surface area contributed by atoms with Crippen molar-refractivity contribution in [2.75, 3.05) is 33.8 Å². The van der Waals surface area contributed by atoms with Crippen LogP contribution in [0.4, 0.5) is 0 Å². The number of likely N-dealkylation sites (N-methyl/N-ethyl adjacent to an activating group) is 2. The van der Waals surface area contributed by atoms with Gasteiger partial charge in [0, 0.05) is 19.1 Å². The summed E-state index contributed by atoms with van der Waals surface area (Å²) in [6, 6.07) is 0.509. The Morgan fingerprint density at radius 2 is 2.13 bits per heavy atom. The number of hydrogen-bond donors (Lipinski definition) is 1. The zero-order chi connectivity index (χ0) is 11.3. The third-order valence-corrected chi connectivity index (χ3v) is 3.17. The molecule has 0 aromatic carbocycles.